The highest BCUT2D eigenvalue weighted by atomic mass is 28.4. The molecule has 0 fully saturated rings. The van der Waals surface area contributed by atoms with Crippen LogP contribution in [0.5, 0.6) is 0 Å². The Morgan fingerprint density at radius 3 is 1.38 bits per heavy atom. The van der Waals surface area contributed by atoms with Crippen LogP contribution in [-0.4, -0.2) is 79.0 Å². The van der Waals surface area contributed by atoms with E-state index in [1.165, 1.54) is 0 Å². The lowest BCUT2D eigenvalue weighted by Gasteiger charge is -2.38. The summed E-state index contributed by atoms with van der Waals surface area (Å²) < 4.78 is 6.66. The normalized spacial score (nSPS) is 13.4. The van der Waals surface area contributed by atoms with Gasteiger partial charge in [0, 0.05) is 12.3 Å². The zero-order chi connectivity index (χ0) is 16.5. The Hall–Kier alpha value is 0.234. The summed E-state index contributed by atoms with van der Waals surface area (Å²) in [6.45, 7) is 13.0. The van der Waals surface area contributed by atoms with Crippen molar-refractivity contribution in [1.82, 2.24) is 9.80 Å². The van der Waals surface area contributed by atoms with Gasteiger partial charge >= 0.3 is 0 Å². The lowest BCUT2D eigenvalue weighted by Crippen LogP contribution is -2.55. The van der Waals surface area contributed by atoms with E-state index >= 15 is 0 Å². The summed E-state index contributed by atoms with van der Waals surface area (Å²) in [6, 6.07) is 0. The van der Waals surface area contributed by atoms with Crippen LogP contribution in [-0.2, 0) is 4.12 Å². The van der Waals surface area contributed by atoms with Crippen LogP contribution < -0.4 is 11.5 Å². The second kappa shape index (κ2) is 10.1. The van der Waals surface area contributed by atoms with E-state index in [2.05, 4.69) is 50.1 Å². The molecule has 0 aromatic rings. The van der Waals surface area contributed by atoms with Crippen LogP contribution in [0.1, 0.15) is 12.8 Å². The maximum absolute atomic E-state index is 6.66. The molecule has 0 unspecified atom stereocenters. The first-order valence-electron chi connectivity index (χ1n) is 8.09. The second-order valence-electron chi connectivity index (χ2n) is 7.38. The van der Waals surface area contributed by atoms with Crippen molar-refractivity contribution in [3.8, 4) is 0 Å². The summed E-state index contributed by atoms with van der Waals surface area (Å²) in [7, 11) is 1.04. The van der Waals surface area contributed by atoms with E-state index in [-0.39, 0.29) is 0 Å². The third-order valence-corrected chi connectivity index (χ3v) is 10.4. The first-order valence-corrected chi connectivity index (χ1v) is 14.3. The quantitative estimate of drug-likeness (QED) is 0.522. The minimum absolute atomic E-state index is 0.763. The van der Waals surface area contributed by atoms with E-state index < -0.39 is 16.6 Å². The van der Waals surface area contributed by atoms with Crippen molar-refractivity contribution >= 4 is 16.6 Å². The molecule has 0 aliphatic heterocycles. The summed E-state index contributed by atoms with van der Waals surface area (Å²) in [4.78, 5) is 4.75. The second-order valence-corrected chi connectivity index (χ2v) is 15.9. The highest BCUT2D eigenvalue weighted by Crippen LogP contribution is 2.16. The Kier molecular flexibility index (Phi) is 10.2. The summed E-state index contributed by atoms with van der Waals surface area (Å²) in [5.41, 5.74) is 11.2. The van der Waals surface area contributed by atoms with Crippen LogP contribution in [0.3, 0.4) is 0 Å². The molecular weight excluding hydrogens is 296 g/mol. The number of hydrogen-bond donors (Lipinski definition) is 2. The number of nitrogens with zero attached hydrogens (tertiary/aromatic N) is 2. The Balaban J connectivity index is 4.32. The standard InChI is InChI=1S/C14H38N4OSi2/c1-17(11-7-9-15)13-20(3,4)19-21(5,6)14-18(2)12-8-10-16/h7-16H2,1-6H3. The molecule has 5 nitrogen and oxygen atoms in total. The summed E-state index contributed by atoms with van der Waals surface area (Å²) in [5, 5.41) is 0. The van der Waals surface area contributed by atoms with Crippen molar-refractivity contribution in [2.75, 3.05) is 52.6 Å². The predicted molar refractivity (Wildman–Crippen MR) is 98.4 cm³/mol. The number of nitrogens with two attached hydrogens (primary N) is 2. The molecule has 0 spiro atoms. The molecule has 0 heterocycles. The SMILES string of the molecule is CN(CCCN)C[Si](C)(C)O[Si](C)(C)CN(C)CCCN. The lowest BCUT2D eigenvalue weighted by molar-refractivity contribution is 0.340. The molecule has 0 bridgehead atoms. The molecular formula is C14H38N4OSi2. The maximum Gasteiger partial charge on any atom is 0.187 e. The highest BCUT2D eigenvalue weighted by Gasteiger charge is 2.34. The molecule has 0 aromatic heterocycles. The molecule has 0 radical (unpaired) electrons. The molecule has 0 aliphatic rings. The molecule has 0 aromatic carbocycles. The Bertz CT molecular complexity index is 252. The summed E-state index contributed by atoms with van der Waals surface area (Å²) >= 11 is 0. The smallest absolute Gasteiger partial charge is 0.187 e. The molecule has 4 N–H and O–H groups in total. The molecule has 0 amide bonds. The lowest BCUT2D eigenvalue weighted by atomic mass is 10.4. The van der Waals surface area contributed by atoms with Gasteiger partial charge in [0.1, 0.15) is 0 Å². The van der Waals surface area contributed by atoms with Gasteiger partial charge in [-0.2, -0.15) is 0 Å². The van der Waals surface area contributed by atoms with Crippen molar-refractivity contribution in [3.05, 3.63) is 0 Å². The Labute approximate surface area is 134 Å². The first-order chi connectivity index (χ1) is 9.62. The Morgan fingerprint density at radius 2 is 1.10 bits per heavy atom. The third kappa shape index (κ3) is 11.5. The van der Waals surface area contributed by atoms with Gasteiger partial charge in [0.25, 0.3) is 0 Å². The average Bonchev–Trinajstić information content (AvgIpc) is 2.30. The summed E-state index contributed by atoms with van der Waals surface area (Å²) in [6.07, 6.45) is 4.28. The highest BCUT2D eigenvalue weighted by molar-refractivity contribution is 6.85. The fourth-order valence-electron chi connectivity index (χ4n) is 2.99. The van der Waals surface area contributed by atoms with Crippen molar-refractivity contribution in [1.29, 1.82) is 0 Å². The molecule has 0 rings (SSSR count). The molecule has 21 heavy (non-hydrogen) atoms. The molecule has 7 heteroatoms. The number of hydrogen-bond acceptors (Lipinski definition) is 5. The molecule has 0 atom stereocenters. The van der Waals surface area contributed by atoms with Crippen molar-refractivity contribution in [2.45, 2.75) is 39.0 Å². The molecule has 0 saturated heterocycles. The van der Waals surface area contributed by atoms with Gasteiger partial charge in [0.2, 0.25) is 0 Å². The average molecular weight is 335 g/mol. The summed E-state index contributed by atoms with van der Waals surface area (Å²) in [5.74, 6) is 0. The van der Waals surface area contributed by atoms with Crippen LogP contribution in [0.2, 0.25) is 26.2 Å². The molecule has 0 saturated carbocycles. The van der Waals surface area contributed by atoms with E-state index in [0.717, 1.165) is 51.4 Å². The van der Waals surface area contributed by atoms with E-state index in [4.69, 9.17) is 15.6 Å². The molecule has 128 valence electrons. The van der Waals surface area contributed by atoms with Gasteiger partial charge in [-0.1, -0.05) is 0 Å². The van der Waals surface area contributed by atoms with Crippen LogP contribution in [0.4, 0.5) is 0 Å². The monoisotopic (exact) mass is 334 g/mol. The topological polar surface area (TPSA) is 67.8 Å². The fourth-order valence-corrected chi connectivity index (χ4v) is 12.4. The Morgan fingerprint density at radius 1 is 0.762 bits per heavy atom. The van der Waals surface area contributed by atoms with Gasteiger partial charge in [0.05, 0.1) is 0 Å². The van der Waals surface area contributed by atoms with E-state index in [9.17, 15) is 0 Å². The van der Waals surface area contributed by atoms with Crippen molar-refractivity contribution < 1.29 is 4.12 Å². The van der Waals surface area contributed by atoms with Crippen LogP contribution >= 0.6 is 0 Å². The zero-order valence-corrected chi connectivity index (χ0v) is 17.1. The van der Waals surface area contributed by atoms with Gasteiger partial charge in [-0.05, 0) is 79.3 Å². The predicted octanol–water partition coefficient (Wildman–Crippen LogP) is 1.05. The minimum atomic E-state index is -1.65. The molecule has 0 aliphatic carbocycles. The van der Waals surface area contributed by atoms with Crippen LogP contribution in [0, 0.1) is 0 Å². The third-order valence-electron chi connectivity index (χ3n) is 3.34. The van der Waals surface area contributed by atoms with Crippen molar-refractivity contribution in [2.24, 2.45) is 11.5 Å². The van der Waals surface area contributed by atoms with Crippen molar-refractivity contribution in [3.63, 3.8) is 0 Å². The van der Waals surface area contributed by atoms with Gasteiger partial charge in [-0.3, -0.25) is 0 Å². The van der Waals surface area contributed by atoms with Gasteiger partial charge in [0.15, 0.2) is 16.6 Å². The van der Waals surface area contributed by atoms with E-state index in [1.807, 2.05) is 0 Å². The van der Waals surface area contributed by atoms with Crippen LogP contribution in [0.15, 0.2) is 0 Å². The number of rotatable bonds is 12. The minimum Gasteiger partial charge on any atom is -0.454 e. The van der Waals surface area contributed by atoms with Gasteiger partial charge in [-0.15, -0.1) is 0 Å². The van der Waals surface area contributed by atoms with E-state index in [1.54, 1.807) is 0 Å². The van der Waals surface area contributed by atoms with Crippen LogP contribution in [0.25, 0.3) is 0 Å². The maximum atomic E-state index is 6.66. The fraction of sp³-hybridized carbons (Fsp3) is 1.00. The largest absolute Gasteiger partial charge is 0.454 e. The zero-order valence-electron chi connectivity index (χ0n) is 15.1. The van der Waals surface area contributed by atoms with E-state index in [0.29, 0.717) is 0 Å². The van der Waals surface area contributed by atoms with Gasteiger partial charge in [-0.25, -0.2) is 0 Å². The van der Waals surface area contributed by atoms with Gasteiger partial charge < -0.3 is 25.4 Å². The first kappa shape index (κ1) is 21.2.